The van der Waals surface area contributed by atoms with Crippen molar-refractivity contribution < 1.29 is 14.3 Å². The van der Waals surface area contributed by atoms with Gasteiger partial charge in [0.05, 0.1) is 19.1 Å². The molecule has 1 atom stereocenters. The van der Waals surface area contributed by atoms with Crippen LogP contribution in [0.3, 0.4) is 0 Å². The molecule has 2 aliphatic heterocycles. The van der Waals surface area contributed by atoms with E-state index in [2.05, 4.69) is 37.6 Å². The molecule has 8 nitrogen and oxygen atoms in total. The van der Waals surface area contributed by atoms with Gasteiger partial charge < -0.3 is 25.0 Å². The van der Waals surface area contributed by atoms with Gasteiger partial charge in [-0.1, -0.05) is 0 Å². The molecule has 1 aromatic carbocycles. The SMILES string of the molecule is O=C(Oc1ccnc(Nc2ccc(N3CCOCC3)cc2)n1)C1CCCNC1. The Kier molecular flexibility index (Phi) is 5.98. The van der Waals surface area contributed by atoms with E-state index in [1.165, 1.54) is 5.69 Å². The number of nitrogens with one attached hydrogen (secondary N) is 2. The van der Waals surface area contributed by atoms with Crippen LogP contribution in [0.25, 0.3) is 0 Å². The van der Waals surface area contributed by atoms with Crippen LogP contribution in [0.15, 0.2) is 36.5 Å². The predicted molar refractivity (Wildman–Crippen MR) is 106 cm³/mol. The highest BCUT2D eigenvalue weighted by molar-refractivity contribution is 5.75. The fourth-order valence-corrected chi connectivity index (χ4v) is 3.40. The Morgan fingerprint density at radius 2 is 2.04 bits per heavy atom. The smallest absolute Gasteiger partial charge is 0.316 e. The first-order valence-electron chi connectivity index (χ1n) is 9.73. The van der Waals surface area contributed by atoms with Crippen molar-refractivity contribution in [1.82, 2.24) is 15.3 Å². The van der Waals surface area contributed by atoms with E-state index in [1.54, 1.807) is 12.3 Å². The maximum atomic E-state index is 12.3. The van der Waals surface area contributed by atoms with Crippen molar-refractivity contribution in [3.05, 3.63) is 36.5 Å². The van der Waals surface area contributed by atoms with E-state index >= 15 is 0 Å². The molecule has 0 radical (unpaired) electrons. The lowest BCUT2D eigenvalue weighted by atomic mass is 10.0. The maximum Gasteiger partial charge on any atom is 0.316 e. The van der Waals surface area contributed by atoms with Gasteiger partial charge in [0.25, 0.3) is 0 Å². The topological polar surface area (TPSA) is 88.6 Å². The Labute approximate surface area is 164 Å². The number of carbonyl (C=O) groups is 1. The Balaban J connectivity index is 1.37. The molecule has 2 aromatic rings. The number of morpholine rings is 1. The zero-order valence-corrected chi connectivity index (χ0v) is 15.8. The van der Waals surface area contributed by atoms with Crippen LogP contribution in [-0.2, 0) is 9.53 Å². The molecule has 2 aliphatic rings. The first-order valence-corrected chi connectivity index (χ1v) is 9.73. The van der Waals surface area contributed by atoms with Crippen LogP contribution < -0.4 is 20.3 Å². The Bertz CT molecular complexity index is 787. The molecule has 2 saturated heterocycles. The lowest BCUT2D eigenvalue weighted by Gasteiger charge is -2.28. The van der Waals surface area contributed by atoms with Crippen LogP contribution in [0.1, 0.15) is 12.8 Å². The highest BCUT2D eigenvalue weighted by atomic mass is 16.5. The number of ether oxygens (including phenoxy) is 2. The van der Waals surface area contributed by atoms with Crippen LogP contribution in [0, 0.1) is 5.92 Å². The number of anilines is 3. The minimum Gasteiger partial charge on any atom is -0.407 e. The van der Waals surface area contributed by atoms with Crippen LogP contribution in [-0.4, -0.2) is 55.3 Å². The fraction of sp³-hybridized carbons (Fsp3) is 0.450. The highest BCUT2D eigenvalue weighted by Gasteiger charge is 2.23. The van der Waals surface area contributed by atoms with Gasteiger partial charge in [-0.05, 0) is 43.7 Å². The number of hydrogen-bond acceptors (Lipinski definition) is 8. The minimum absolute atomic E-state index is 0.118. The van der Waals surface area contributed by atoms with E-state index in [0.717, 1.165) is 51.4 Å². The maximum absolute atomic E-state index is 12.3. The van der Waals surface area contributed by atoms with Gasteiger partial charge in [-0.25, -0.2) is 4.98 Å². The minimum atomic E-state index is -0.244. The molecule has 2 fully saturated rings. The molecule has 3 heterocycles. The normalized spacial score (nSPS) is 19.9. The number of esters is 1. The second-order valence-corrected chi connectivity index (χ2v) is 6.95. The molecule has 0 saturated carbocycles. The molecular formula is C20H25N5O3. The van der Waals surface area contributed by atoms with Crippen molar-refractivity contribution in [3.8, 4) is 5.88 Å². The van der Waals surface area contributed by atoms with E-state index in [9.17, 15) is 4.79 Å². The third-order valence-corrected chi connectivity index (χ3v) is 4.97. The van der Waals surface area contributed by atoms with Crippen molar-refractivity contribution in [3.63, 3.8) is 0 Å². The van der Waals surface area contributed by atoms with Gasteiger partial charge >= 0.3 is 5.97 Å². The van der Waals surface area contributed by atoms with Crippen LogP contribution in [0.2, 0.25) is 0 Å². The van der Waals surface area contributed by atoms with Gasteiger partial charge in [0.2, 0.25) is 11.8 Å². The molecule has 8 heteroatoms. The quantitative estimate of drug-likeness (QED) is 0.758. The number of rotatable bonds is 5. The molecule has 0 aliphatic carbocycles. The van der Waals surface area contributed by atoms with E-state index in [0.29, 0.717) is 12.5 Å². The molecule has 1 unspecified atom stereocenters. The van der Waals surface area contributed by atoms with E-state index < -0.39 is 0 Å². The predicted octanol–water partition coefficient (Wildman–Crippen LogP) is 1.96. The standard InChI is InChI=1S/C20H25N5O3/c26-19(15-2-1-8-21-14-15)28-18-7-9-22-20(24-18)23-16-3-5-17(6-4-16)25-10-12-27-13-11-25/h3-7,9,15,21H,1-2,8,10-14H2,(H,22,23,24). The molecule has 1 aromatic heterocycles. The summed E-state index contributed by atoms with van der Waals surface area (Å²) in [6.07, 6.45) is 3.41. The summed E-state index contributed by atoms with van der Waals surface area (Å²) in [5, 5.41) is 6.38. The molecule has 0 amide bonds. The summed E-state index contributed by atoms with van der Waals surface area (Å²) in [6, 6.07) is 9.70. The van der Waals surface area contributed by atoms with Crippen LogP contribution in [0.4, 0.5) is 17.3 Å². The first-order chi connectivity index (χ1) is 13.8. The molecule has 0 spiro atoms. The summed E-state index contributed by atoms with van der Waals surface area (Å²) in [6.45, 7) is 4.94. The number of hydrogen-bond donors (Lipinski definition) is 2. The average molecular weight is 383 g/mol. The summed E-state index contributed by atoms with van der Waals surface area (Å²) in [5.41, 5.74) is 2.04. The fourth-order valence-electron chi connectivity index (χ4n) is 3.40. The third-order valence-electron chi connectivity index (χ3n) is 4.97. The third kappa shape index (κ3) is 4.76. The number of benzene rings is 1. The number of carbonyl (C=O) groups excluding carboxylic acids is 1. The van der Waals surface area contributed by atoms with Gasteiger partial charge in [0.1, 0.15) is 0 Å². The molecular weight excluding hydrogens is 358 g/mol. The number of aromatic nitrogens is 2. The largest absolute Gasteiger partial charge is 0.407 e. The summed E-state index contributed by atoms with van der Waals surface area (Å²) in [4.78, 5) is 23.1. The zero-order chi connectivity index (χ0) is 19.2. The van der Waals surface area contributed by atoms with Gasteiger partial charge in [-0.2, -0.15) is 4.98 Å². The molecule has 2 N–H and O–H groups in total. The Morgan fingerprint density at radius 1 is 1.21 bits per heavy atom. The van der Waals surface area contributed by atoms with Crippen molar-refractivity contribution in [2.45, 2.75) is 12.8 Å². The number of piperidine rings is 1. The van der Waals surface area contributed by atoms with Gasteiger partial charge in [-0.3, -0.25) is 4.79 Å². The van der Waals surface area contributed by atoms with Crippen molar-refractivity contribution in [2.24, 2.45) is 5.92 Å². The van der Waals surface area contributed by atoms with E-state index in [4.69, 9.17) is 9.47 Å². The molecule has 0 bridgehead atoms. The summed E-state index contributed by atoms with van der Waals surface area (Å²) in [7, 11) is 0. The van der Waals surface area contributed by atoms with Gasteiger partial charge in [0, 0.05) is 43.3 Å². The van der Waals surface area contributed by atoms with E-state index in [1.807, 2.05) is 12.1 Å². The second kappa shape index (κ2) is 8.99. The Hall–Kier alpha value is -2.71. The van der Waals surface area contributed by atoms with Crippen LogP contribution >= 0.6 is 0 Å². The van der Waals surface area contributed by atoms with E-state index in [-0.39, 0.29) is 17.8 Å². The lowest BCUT2D eigenvalue weighted by Crippen LogP contribution is -2.36. The van der Waals surface area contributed by atoms with Crippen molar-refractivity contribution in [2.75, 3.05) is 49.6 Å². The lowest BCUT2D eigenvalue weighted by molar-refractivity contribution is -0.139. The van der Waals surface area contributed by atoms with Gasteiger partial charge in [0.15, 0.2) is 0 Å². The summed E-state index contributed by atoms with van der Waals surface area (Å²) < 4.78 is 10.8. The average Bonchev–Trinajstić information content (AvgIpc) is 2.76. The summed E-state index contributed by atoms with van der Waals surface area (Å²) >= 11 is 0. The first kappa shape index (κ1) is 18.6. The Morgan fingerprint density at radius 3 is 2.79 bits per heavy atom. The second-order valence-electron chi connectivity index (χ2n) is 6.95. The van der Waals surface area contributed by atoms with Crippen LogP contribution in [0.5, 0.6) is 5.88 Å². The highest BCUT2D eigenvalue weighted by Crippen LogP contribution is 2.22. The zero-order valence-electron chi connectivity index (χ0n) is 15.8. The van der Waals surface area contributed by atoms with Gasteiger partial charge in [-0.15, -0.1) is 0 Å². The summed E-state index contributed by atoms with van der Waals surface area (Å²) in [5.74, 6) is 0.295. The monoisotopic (exact) mass is 383 g/mol. The molecule has 4 rings (SSSR count). The van der Waals surface area contributed by atoms with Crippen molar-refractivity contribution >= 4 is 23.3 Å². The molecule has 28 heavy (non-hydrogen) atoms. The number of nitrogens with zero attached hydrogens (tertiary/aromatic N) is 3. The van der Waals surface area contributed by atoms with Crippen molar-refractivity contribution in [1.29, 1.82) is 0 Å². The molecule has 148 valence electrons.